The van der Waals surface area contributed by atoms with Crippen molar-refractivity contribution >= 4 is 5.97 Å². The molecule has 1 aromatic rings. The zero-order chi connectivity index (χ0) is 14.6. The summed E-state index contributed by atoms with van der Waals surface area (Å²) in [5, 5.41) is 0. The summed E-state index contributed by atoms with van der Waals surface area (Å²) in [4.78, 5) is 11.5. The summed E-state index contributed by atoms with van der Waals surface area (Å²) in [6.07, 6.45) is 1.60. The summed E-state index contributed by atoms with van der Waals surface area (Å²) < 4.78 is 4.71. The fraction of sp³-hybridized carbons (Fsp3) is 0.562. The maximum Gasteiger partial charge on any atom is 0.322 e. The molecule has 0 fully saturated rings. The molecule has 0 aromatic heterocycles. The highest BCUT2D eigenvalue weighted by atomic mass is 16.5. The molecule has 0 aliphatic carbocycles. The predicted molar refractivity (Wildman–Crippen MR) is 78.3 cm³/mol. The Bertz CT molecular complexity index is 454. The molecule has 19 heavy (non-hydrogen) atoms. The van der Waals surface area contributed by atoms with Crippen molar-refractivity contribution in [2.45, 2.75) is 52.5 Å². The van der Waals surface area contributed by atoms with Crippen LogP contribution in [0.4, 0.5) is 0 Å². The Morgan fingerprint density at radius 2 is 1.84 bits per heavy atom. The van der Waals surface area contributed by atoms with Crippen LogP contribution in [0.2, 0.25) is 0 Å². The molecular weight excluding hydrogens is 238 g/mol. The average Bonchev–Trinajstić information content (AvgIpc) is 2.40. The van der Waals surface area contributed by atoms with Gasteiger partial charge in [-0.25, -0.2) is 0 Å². The number of hydrogen-bond donors (Lipinski definition) is 1. The fourth-order valence-electron chi connectivity index (χ4n) is 2.64. The van der Waals surface area contributed by atoms with Crippen LogP contribution in [-0.4, -0.2) is 19.1 Å². The summed E-state index contributed by atoms with van der Waals surface area (Å²) >= 11 is 0. The largest absolute Gasteiger partial charge is 0.468 e. The van der Waals surface area contributed by atoms with Crippen LogP contribution >= 0.6 is 0 Å². The molecule has 106 valence electrons. The van der Waals surface area contributed by atoms with Crippen LogP contribution < -0.4 is 5.73 Å². The Morgan fingerprint density at radius 3 is 2.37 bits per heavy atom. The normalized spacial score (nSPS) is 14.0. The van der Waals surface area contributed by atoms with E-state index >= 15 is 0 Å². The molecule has 1 aromatic carbocycles. The van der Waals surface area contributed by atoms with Gasteiger partial charge >= 0.3 is 5.97 Å². The molecule has 2 atom stereocenters. The van der Waals surface area contributed by atoms with Gasteiger partial charge in [0.05, 0.1) is 7.11 Å². The highest BCUT2D eigenvalue weighted by Crippen LogP contribution is 2.31. The summed E-state index contributed by atoms with van der Waals surface area (Å²) in [7, 11) is 1.38. The first-order valence-electron chi connectivity index (χ1n) is 6.82. The van der Waals surface area contributed by atoms with Crippen molar-refractivity contribution in [1.82, 2.24) is 0 Å². The Kier molecular flexibility index (Phi) is 5.55. The monoisotopic (exact) mass is 263 g/mol. The molecule has 0 radical (unpaired) electrons. The average molecular weight is 263 g/mol. The quantitative estimate of drug-likeness (QED) is 0.831. The third-order valence-corrected chi connectivity index (χ3v) is 3.95. The van der Waals surface area contributed by atoms with E-state index in [4.69, 9.17) is 10.5 Å². The smallest absolute Gasteiger partial charge is 0.322 e. The first-order chi connectivity index (χ1) is 8.92. The van der Waals surface area contributed by atoms with Gasteiger partial charge < -0.3 is 10.5 Å². The van der Waals surface area contributed by atoms with Gasteiger partial charge in [0, 0.05) is 0 Å². The van der Waals surface area contributed by atoms with Gasteiger partial charge in [-0.3, -0.25) is 4.79 Å². The topological polar surface area (TPSA) is 52.3 Å². The second kappa shape index (κ2) is 6.71. The number of nitrogens with two attached hydrogens (primary N) is 1. The van der Waals surface area contributed by atoms with Crippen molar-refractivity contribution in [3.8, 4) is 0 Å². The van der Waals surface area contributed by atoms with Crippen molar-refractivity contribution in [1.29, 1.82) is 0 Å². The van der Waals surface area contributed by atoms with Gasteiger partial charge in [0.15, 0.2) is 0 Å². The van der Waals surface area contributed by atoms with Crippen LogP contribution in [0.25, 0.3) is 0 Å². The Labute approximate surface area is 116 Å². The van der Waals surface area contributed by atoms with Gasteiger partial charge in [-0.05, 0) is 61.8 Å². The zero-order valence-electron chi connectivity index (χ0n) is 12.6. The molecule has 3 nitrogen and oxygen atoms in total. The lowest BCUT2D eigenvalue weighted by atomic mass is 9.83. The Hall–Kier alpha value is -1.35. The second-order valence-corrected chi connectivity index (χ2v) is 5.21. The lowest BCUT2D eigenvalue weighted by Crippen LogP contribution is -2.33. The van der Waals surface area contributed by atoms with Crippen molar-refractivity contribution in [2.24, 2.45) is 5.73 Å². The molecule has 0 bridgehead atoms. The van der Waals surface area contributed by atoms with Crippen LogP contribution in [0.15, 0.2) is 12.1 Å². The number of rotatable bonds is 5. The lowest BCUT2D eigenvalue weighted by molar-refractivity contribution is -0.142. The van der Waals surface area contributed by atoms with Crippen LogP contribution in [0, 0.1) is 20.8 Å². The maximum atomic E-state index is 11.5. The molecule has 0 heterocycles. The molecule has 0 spiro atoms. The number of carbonyl (C=O) groups is 1. The number of methoxy groups -OCH3 is 1. The van der Waals surface area contributed by atoms with Gasteiger partial charge in [0.25, 0.3) is 0 Å². The van der Waals surface area contributed by atoms with Gasteiger partial charge in [-0.1, -0.05) is 19.1 Å². The molecule has 3 heteroatoms. The molecule has 0 saturated carbocycles. The van der Waals surface area contributed by atoms with Gasteiger partial charge in [-0.15, -0.1) is 0 Å². The highest BCUT2D eigenvalue weighted by Gasteiger charge is 2.22. The van der Waals surface area contributed by atoms with Crippen LogP contribution in [0.3, 0.4) is 0 Å². The molecule has 1 rings (SSSR count). The molecule has 0 aliphatic rings. The third kappa shape index (κ3) is 3.57. The molecular formula is C16H25NO2. The molecule has 2 N–H and O–H groups in total. The van der Waals surface area contributed by atoms with Crippen molar-refractivity contribution in [2.75, 3.05) is 7.11 Å². The number of aryl methyl sites for hydroxylation is 2. The number of hydrogen-bond acceptors (Lipinski definition) is 3. The van der Waals surface area contributed by atoms with Crippen LogP contribution in [0.1, 0.15) is 47.9 Å². The fourth-order valence-corrected chi connectivity index (χ4v) is 2.64. The van der Waals surface area contributed by atoms with Gasteiger partial charge in [0.2, 0.25) is 0 Å². The Morgan fingerprint density at radius 1 is 1.26 bits per heavy atom. The zero-order valence-corrected chi connectivity index (χ0v) is 12.6. The van der Waals surface area contributed by atoms with Crippen molar-refractivity contribution in [3.05, 3.63) is 34.4 Å². The van der Waals surface area contributed by atoms with Crippen molar-refractivity contribution in [3.63, 3.8) is 0 Å². The van der Waals surface area contributed by atoms with E-state index in [2.05, 4.69) is 39.8 Å². The number of esters is 1. The van der Waals surface area contributed by atoms with E-state index < -0.39 is 6.04 Å². The lowest BCUT2D eigenvalue weighted by Gasteiger charge is -2.23. The molecule has 0 saturated heterocycles. The van der Waals surface area contributed by atoms with E-state index in [1.807, 2.05) is 0 Å². The first-order valence-corrected chi connectivity index (χ1v) is 6.82. The molecule has 2 unspecified atom stereocenters. The standard InChI is InChI=1S/C16H25NO2/c1-6-13(9-14(17)16(18)19-5)15-11(3)8-7-10(2)12(15)4/h7-8,13-14H,6,9,17H2,1-5H3. The summed E-state index contributed by atoms with van der Waals surface area (Å²) in [5.41, 5.74) is 11.1. The predicted octanol–water partition coefficient (Wildman–Crippen LogP) is 3.00. The van der Waals surface area contributed by atoms with E-state index in [0.29, 0.717) is 12.3 Å². The molecule has 0 aliphatic heterocycles. The minimum atomic E-state index is -0.547. The minimum absolute atomic E-state index is 0.300. The number of ether oxygens (including phenoxy) is 1. The van der Waals surface area contributed by atoms with E-state index in [1.165, 1.54) is 29.4 Å². The van der Waals surface area contributed by atoms with E-state index in [-0.39, 0.29) is 5.97 Å². The maximum absolute atomic E-state index is 11.5. The summed E-state index contributed by atoms with van der Waals surface area (Å²) in [5.74, 6) is -0.0320. The minimum Gasteiger partial charge on any atom is -0.468 e. The third-order valence-electron chi connectivity index (χ3n) is 3.95. The second-order valence-electron chi connectivity index (χ2n) is 5.21. The van der Waals surface area contributed by atoms with E-state index in [0.717, 1.165) is 6.42 Å². The number of benzene rings is 1. The van der Waals surface area contributed by atoms with Gasteiger partial charge in [-0.2, -0.15) is 0 Å². The number of carbonyl (C=O) groups excluding carboxylic acids is 1. The van der Waals surface area contributed by atoms with Crippen LogP contribution in [0.5, 0.6) is 0 Å². The Balaban J connectivity index is 3.04. The summed E-state index contributed by atoms with van der Waals surface area (Å²) in [6.45, 7) is 8.51. The first kappa shape index (κ1) is 15.7. The SMILES string of the molecule is CCC(CC(N)C(=O)OC)c1c(C)ccc(C)c1C. The van der Waals surface area contributed by atoms with Crippen molar-refractivity contribution < 1.29 is 9.53 Å². The van der Waals surface area contributed by atoms with E-state index in [1.54, 1.807) is 0 Å². The van der Waals surface area contributed by atoms with Gasteiger partial charge in [0.1, 0.15) is 6.04 Å². The summed E-state index contributed by atoms with van der Waals surface area (Å²) in [6, 6.07) is 3.74. The molecule has 0 amide bonds. The van der Waals surface area contributed by atoms with E-state index in [9.17, 15) is 4.79 Å². The highest BCUT2D eigenvalue weighted by molar-refractivity contribution is 5.75. The van der Waals surface area contributed by atoms with Crippen LogP contribution in [-0.2, 0) is 9.53 Å².